The number of halogens is 1. The number of benzene rings is 1. The lowest BCUT2D eigenvalue weighted by Crippen LogP contribution is -2.23. The van der Waals surface area contributed by atoms with Crippen LogP contribution in [0.3, 0.4) is 0 Å². The van der Waals surface area contributed by atoms with Crippen LogP contribution in [0.15, 0.2) is 29.4 Å². The molecule has 0 amide bonds. The summed E-state index contributed by atoms with van der Waals surface area (Å²) in [5.41, 5.74) is 0.877. The fourth-order valence-corrected chi connectivity index (χ4v) is 4.89. The SMILES string of the molecule is O=C1CCCC[C@H]1Sc1nnc(N2CCCC2)n1-c1ccccc1Cl. The third-order valence-electron chi connectivity index (χ3n) is 4.84. The average molecular weight is 377 g/mol. The fourth-order valence-electron chi connectivity index (χ4n) is 3.51. The van der Waals surface area contributed by atoms with Crippen molar-refractivity contribution in [3.8, 4) is 5.69 Å². The van der Waals surface area contributed by atoms with Crippen molar-refractivity contribution in [3.63, 3.8) is 0 Å². The van der Waals surface area contributed by atoms with E-state index in [0.717, 1.165) is 49.1 Å². The molecule has 7 heteroatoms. The van der Waals surface area contributed by atoms with Crippen molar-refractivity contribution in [3.05, 3.63) is 29.3 Å². The van der Waals surface area contributed by atoms with Crippen LogP contribution in [0.2, 0.25) is 5.02 Å². The third kappa shape index (κ3) is 3.42. The van der Waals surface area contributed by atoms with Crippen LogP contribution in [-0.2, 0) is 4.79 Å². The summed E-state index contributed by atoms with van der Waals surface area (Å²) in [4.78, 5) is 14.5. The van der Waals surface area contributed by atoms with E-state index in [1.807, 2.05) is 28.8 Å². The fraction of sp³-hybridized carbons (Fsp3) is 0.500. The lowest BCUT2D eigenvalue weighted by Gasteiger charge is -2.22. The Morgan fingerprint density at radius 1 is 1.08 bits per heavy atom. The summed E-state index contributed by atoms with van der Waals surface area (Å²) in [6.45, 7) is 1.96. The van der Waals surface area contributed by atoms with Gasteiger partial charge in [-0.3, -0.25) is 9.36 Å². The highest BCUT2D eigenvalue weighted by atomic mass is 35.5. The minimum atomic E-state index is -0.0226. The Hall–Kier alpha value is -1.53. The molecular formula is C18H21ClN4OS. The van der Waals surface area contributed by atoms with E-state index in [4.69, 9.17) is 11.6 Å². The molecular weight excluding hydrogens is 356 g/mol. The van der Waals surface area contributed by atoms with Crippen molar-refractivity contribution in [2.24, 2.45) is 0 Å². The number of hydrogen-bond acceptors (Lipinski definition) is 5. The summed E-state index contributed by atoms with van der Waals surface area (Å²) < 4.78 is 2.03. The second-order valence-electron chi connectivity index (χ2n) is 6.58. The summed E-state index contributed by atoms with van der Waals surface area (Å²) in [6, 6.07) is 7.75. The van der Waals surface area contributed by atoms with Crippen molar-refractivity contribution in [1.82, 2.24) is 14.8 Å². The number of nitrogens with zero attached hydrogens (tertiary/aromatic N) is 4. The van der Waals surface area contributed by atoms with E-state index in [1.165, 1.54) is 24.6 Å². The van der Waals surface area contributed by atoms with Gasteiger partial charge in [0.15, 0.2) is 5.16 Å². The van der Waals surface area contributed by atoms with Gasteiger partial charge in [-0.05, 0) is 37.8 Å². The number of thioether (sulfide) groups is 1. The lowest BCUT2D eigenvalue weighted by molar-refractivity contribution is -0.119. The molecule has 1 atom stereocenters. The van der Waals surface area contributed by atoms with Gasteiger partial charge in [0.05, 0.1) is 16.0 Å². The van der Waals surface area contributed by atoms with E-state index in [2.05, 4.69) is 15.1 Å². The molecule has 25 heavy (non-hydrogen) atoms. The molecule has 1 saturated heterocycles. The average Bonchev–Trinajstić information content (AvgIpc) is 3.27. The molecule has 1 aliphatic carbocycles. The summed E-state index contributed by atoms with van der Waals surface area (Å²) in [5, 5.41) is 10.3. The van der Waals surface area contributed by atoms with E-state index < -0.39 is 0 Å². The smallest absolute Gasteiger partial charge is 0.232 e. The van der Waals surface area contributed by atoms with Gasteiger partial charge in [-0.2, -0.15) is 0 Å². The number of rotatable bonds is 4. The zero-order valence-electron chi connectivity index (χ0n) is 14.0. The molecule has 2 aliphatic rings. The van der Waals surface area contributed by atoms with Gasteiger partial charge >= 0.3 is 0 Å². The maximum absolute atomic E-state index is 12.3. The van der Waals surface area contributed by atoms with Crippen molar-refractivity contribution < 1.29 is 4.79 Å². The molecule has 0 bridgehead atoms. The van der Waals surface area contributed by atoms with Crippen molar-refractivity contribution in [1.29, 1.82) is 0 Å². The van der Waals surface area contributed by atoms with Crippen molar-refractivity contribution >= 4 is 35.1 Å². The largest absolute Gasteiger partial charge is 0.341 e. The second kappa shape index (κ2) is 7.38. The molecule has 1 aromatic heterocycles. The Bertz CT molecular complexity index is 772. The molecule has 0 radical (unpaired) electrons. The Morgan fingerprint density at radius 3 is 2.64 bits per heavy atom. The molecule has 2 heterocycles. The topological polar surface area (TPSA) is 51.0 Å². The van der Waals surface area contributed by atoms with E-state index in [0.29, 0.717) is 17.2 Å². The lowest BCUT2D eigenvalue weighted by atomic mass is 9.99. The minimum absolute atomic E-state index is 0.0226. The molecule has 2 aromatic rings. The predicted octanol–water partition coefficient (Wildman–Crippen LogP) is 4.12. The van der Waals surface area contributed by atoms with Crippen LogP contribution < -0.4 is 4.90 Å². The van der Waals surface area contributed by atoms with E-state index in [-0.39, 0.29) is 5.25 Å². The Labute approximate surface area is 156 Å². The maximum Gasteiger partial charge on any atom is 0.232 e. The number of carbonyl (C=O) groups excluding carboxylic acids is 1. The zero-order valence-corrected chi connectivity index (χ0v) is 15.6. The summed E-state index contributed by atoms with van der Waals surface area (Å²) >= 11 is 8.00. The molecule has 0 N–H and O–H groups in total. The van der Waals surface area contributed by atoms with Crippen LogP contribution in [0.1, 0.15) is 38.5 Å². The molecule has 0 unspecified atom stereocenters. The first-order chi connectivity index (χ1) is 12.2. The normalized spacial score (nSPS) is 21.1. The van der Waals surface area contributed by atoms with Gasteiger partial charge in [0, 0.05) is 19.5 Å². The van der Waals surface area contributed by atoms with Crippen molar-refractivity contribution in [2.45, 2.75) is 48.9 Å². The van der Waals surface area contributed by atoms with E-state index >= 15 is 0 Å². The maximum atomic E-state index is 12.3. The number of ketones is 1. The van der Waals surface area contributed by atoms with E-state index in [9.17, 15) is 4.79 Å². The zero-order chi connectivity index (χ0) is 17.2. The summed E-state index contributed by atoms with van der Waals surface area (Å²) in [5.74, 6) is 1.16. The number of Topliss-reactive ketones (excluding diaryl/α,β-unsaturated/α-hetero) is 1. The first-order valence-corrected chi connectivity index (χ1v) is 10.1. The van der Waals surface area contributed by atoms with Gasteiger partial charge in [0.25, 0.3) is 0 Å². The number of aromatic nitrogens is 3. The van der Waals surface area contributed by atoms with Crippen LogP contribution in [0.5, 0.6) is 0 Å². The van der Waals surface area contributed by atoms with Gasteiger partial charge in [0.1, 0.15) is 5.78 Å². The van der Waals surface area contributed by atoms with Crippen LogP contribution >= 0.6 is 23.4 Å². The van der Waals surface area contributed by atoms with Crippen LogP contribution in [-0.4, -0.2) is 38.9 Å². The van der Waals surface area contributed by atoms with Crippen LogP contribution in [0.25, 0.3) is 5.69 Å². The van der Waals surface area contributed by atoms with Crippen molar-refractivity contribution in [2.75, 3.05) is 18.0 Å². The highest BCUT2D eigenvalue weighted by Gasteiger charge is 2.29. The van der Waals surface area contributed by atoms with Gasteiger partial charge in [0.2, 0.25) is 5.95 Å². The molecule has 1 aliphatic heterocycles. The van der Waals surface area contributed by atoms with Gasteiger partial charge in [-0.25, -0.2) is 0 Å². The number of carbonyl (C=O) groups is 1. The molecule has 4 rings (SSSR count). The first kappa shape index (κ1) is 16.9. The Morgan fingerprint density at radius 2 is 1.88 bits per heavy atom. The number of para-hydroxylation sites is 1. The molecule has 5 nitrogen and oxygen atoms in total. The van der Waals surface area contributed by atoms with Gasteiger partial charge < -0.3 is 4.90 Å². The molecule has 2 fully saturated rings. The Kier molecular flexibility index (Phi) is 4.99. The predicted molar refractivity (Wildman–Crippen MR) is 101 cm³/mol. The third-order valence-corrected chi connectivity index (χ3v) is 6.42. The second-order valence-corrected chi connectivity index (χ2v) is 8.16. The highest BCUT2D eigenvalue weighted by molar-refractivity contribution is 8.00. The number of hydrogen-bond donors (Lipinski definition) is 0. The molecule has 0 spiro atoms. The highest BCUT2D eigenvalue weighted by Crippen LogP contribution is 2.36. The molecule has 1 aromatic carbocycles. The van der Waals surface area contributed by atoms with Gasteiger partial charge in [-0.15, -0.1) is 10.2 Å². The summed E-state index contributed by atoms with van der Waals surface area (Å²) in [6.07, 6.45) is 6.03. The molecule has 1 saturated carbocycles. The van der Waals surface area contributed by atoms with Gasteiger partial charge in [-0.1, -0.05) is 41.9 Å². The molecule has 132 valence electrons. The quantitative estimate of drug-likeness (QED) is 0.803. The first-order valence-electron chi connectivity index (χ1n) is 8.88. The summed E-state index contributed by atoms with van der Waals surface area (Å²) in [7, 11) is 0. The number of anilines is 1. The minimum Gasteiger partial charge on any atom is -0.341 e. The Balaban J connectivity index is 1.73. The van der Waals surface area contributed by atoms with E-state index in [1.54, 1.807) is 0 Å². The van der Waals surface area contributed by atoms with Crippen LogP contribution in [0.4, 0.5) is 5.95 Å². The standard InChI is InChI=1S/C18H21ClN4OS/c19-13-7-1-2-8-14(13)23-17(22-11-5-6-12-22)20-21-18(23)25-16-10-4-3-9-15(16)24/h1-2,7-8,16H,3-6,9-12H2/t16-/m1/s1. The van der Waals surface area contributed by atoms with Crippen LogP contribution in [0, 0.1) is 0 Å². The monoisotopic (exact) mass is 376 g/mol.